The van der Waals surface area contributed by atoms with Crippen molar-refractivity contribution in [3.63, 3.8) is 0 Å². The molecule has 0 radical (unpaired) electrons. The van der Waals surface area contributed by atoms with Gasteiger partial charge in [-0.05, 0) is 24.3 Å². The minimum atomic E-state index is -0.423. The highest BCUT2D eigenvalue weighted by atomic mass is 19.1. The van der Waals surface area contributed by atoms with Crippen LogP contribution in [0.5, 0.6) is 0 Å². The molecule has 1 spiro atoms. The fourth-order valence-corrected chi connectivity index (χ4v) is 3.00. The van der Waals surface area contributed by atoms with Gasteiger partial charge >= 0.3 is 0 Å². The van der Waals surface area contributed by atoms with Crippen LogP contribution < -0.4 is 10.2 Å². The van der Waals surface area contributed by atoms with Gasteiger partial charge in [-0.25, -0.2) is 4.39 Å². The topological polar surface area (TPSA) is 72.4 Å². The quantitative estimate of drug-likeness (QED) is 0.923. The van der Waals surface area contributed by atoms with Crippen molar-refractivity contribution in [3.05, 3.63) is 36.3 Å². The van der Waals surface area contributed by atoms with Crippen LogP contribution in [0.25, 0.3) is 0 Å². The molecular weight excluding hydrogens is 313 g/mol. The van der Waals surface area contributed by atoms with E-state index < -0.39 is 5.79 Å². The summed E-state index contributed by atoms with van der Waals surface area (Å²) in [4.78, 5) is 6.56. The van der Waals surface area contributed by atoms with Crippen LogP contribution in [0.3, 0.4) is 0 Å². The standard InChI is InChI=1S/C16H18FN5O2/c17-12-1-3-13(4-2-12)19-14-11-18-21-15(20-14)22-7-5-16(6-8-22)23-9-10-24-16/h1-4,11H,5-10H2,(H,19,20,21). The van der Waals surface area contributed by atoms with Crippen molar-refractivity contribution in [1.82, 2.24) is 15.2 Å². The highest BCUT2D eigenvalue weighted by Crippen LogP contribution is 2.32. The zero-order valence-corrected chi connectivity index (χ0v) is 13.1. The summed E-state index contributed by atoms with van der Waals surface area (Å²) in [5, 5.41) is 11.2. The second-order valence-electron chi connectivity index (χ2n) is 5.87. The van der Waals surface area contributed by atoms with E-state index in [1.807, 2.05) is 0 Å². The summed E-state index contributed by atoms with van der Waals surface area (Å²) in [6.07, 6.45) is 3.11. The number of halogens is 1. The largest absolute Gasteiger partial charge is 0.347 e. The lowest BCUT2D eigenvalue weighted by molar-refractivity contribution is -0.169. The molecule has 0 saturated carbocycles. The van der Waals surface area contributed by atoms with E-state index >= 15 is 0 Å². The van der Waals surface area contributed by atoms with Gasteiger partial charge in [-0.2, -0.15) is 10.1 Å². The van der Waals surface area contributed by atoms with E-state index in [4.69, 9.17) is 9.47 Å². The van der Waals surface area contributed by atoms with Crippen molar-refractivity contribution >= 4 is 17.5 Å². The first-order valence-corrected chi connectivity index (χ1v) is 7.98. The van der Waals surface area contributed by atoms with Gasteiger partial charge < -0.3 is 19.7 Å². The van der Waals surface area contributed by atoms with Crippen LogP contribution in [-0.2, 0) is 9.47 Å². The molecule has 1 N–H and O–H groups in total. The zero-order valence-electron chi connectivity index (χ0n) is 13.1. The summed E-state index contributed by atoms with van der Waals surface area (Å²) in [6, 6.07) is 6.08. The van der Waals surface area contributed by atoms with Crippen molar-refractivity contribution in [2.24, 2.45) is 0 Å². The second kappa shape index (κ2) is 6.29. The van der Waals surface area contributed by atoms with E-state index in [1.165, 1.54) is 12.1 Å². The summed E-state index contributed by atoms with van der Waals surface area (Å²) in [7, 11) is 0. The van der Waals surface area contributed by atoms with Crippen molar-refractivity contribution in [1.29, 1.82) is 0 Å². The Kier molecular flexibility index (Phi) is 3.99. The highest BCUT2D eigenvalue weighted by molar-refractivity contribution is 5.56. The van der Waals surface area contributed by atoms with Gasteiger partial charge in [-0.1, -0.05) is 0 Å². The fourth-order valence-electron chi connectivity index (χ4n) is 3.00. The van der Waals surface area contributed by atoms with Gasteiger partial charge in [0, 0.05) is 31.6 Å². The number of piperidine rings is 1. The van der Waals surface area contributed by atoms with Crippen LogP contribution in [0.15, 0.2) is 30.5 Å². The Morgan fingerprint density at radius 1 is 1.08 bits per heavy atom. The summed E-state index contributed by atoms with van der Waals surface area (Å²) in [6.45, 7) is 2.83. The Morgan fingerprint density at radius 2 is 1.79 bits per heavy atom. The first kappa shape index (κ1) is 15.2. The maximum Gasteiger partial charge on any atom is 0.247 e. The first-order valence-electron chi connectivity index (χ1n) is 7.98. The smallest absolute Gasteiger partial charge is 0.247 e. The van der Waals surface area contributed by atoms with Gasteiger partial charge in [0.05, 0.1) is 19.4 Å². The Bertz CT molecular complexity index is 696. The number of rotatable bonds is 3. The summed E-state index contributed by atoms with van der Waals surface area (Å²) < 4.78 is 24.4. The molecule has 0 unspecified atom stereocenters. The first-order chi connectivity index (χ1) is 11.7. The molecule has 0 aliphatic carbocycles. The lowest BCUT2D eigenvalue weighted by Gasteiger charge is -2.37. The molecular formula is C16H18FN5O2. The minimum absolute atomic E-state index is 0.277. The lowest BCUT2D eigenvalue weighted by atomic mass is 10.0. The molecule has 1 aromatic heterocycles. The minimum Gasteiger partial charge on any atom is -0.347 e. The molecule has 126 valence electrons. The van der Waals surface area contributed by atoms with Crippen LogP contribution in [0, 0.1) is 5.82 Å². The molecule has 3 heterocycles. The summed E-state index contributed by atoms with van der Waals surface area (Å²) >= 11 is 0. The fraction of sp³-hybridized carbons (Fsp3) is 0.438. The van der Waals surface area contributed by atoms with Crippen molar-refractivity contribution in [3.8, 4) is 0 Å². The third-order valence-corrected chi connectivity index (χ3v) is 4.29. The number of nitrogens with zero attached hydrogens (tertiary/aromatic N) is 4. The van der Waals surface area contributed by atoms with Gasteiger partial charge in [0.1, 0.15) is 5.82 Å². The lowest BCUT2D eigenvalue weighted by Crippen LogP contribution is -2.45. The Balaban J connectivity index is 1.44. The predicted molar refractivity (Wildman–Crippen MR) is 85.6 cm³/mol. The number of nitrogens with one attached hydrogen (secondary N) is 1. The number of ether oxygens (including phenoxy) is 2. The third kappa shape index (κ3) is 3.15. The predicted octanol–water partition coefficient (Wildman–Crippen LogP) is 2.10. The Hall–Kier alpha value is -2.32. The molecule has 7 nitrogen and oxygen atoms in total. The van der Waals surface area contributed by atoms with Crippen molar-refractivity contribution in [2.75, 3.05) is 36.5 Å². The molecule has 1 aromatic carbocycles. The molecule has 8 heteroatoms. The molecule has 2 aromatic rings. The Labute approximate surface area is 138 Å². The maximum absolute atomic E-state index is 13.0. The molecule has 0 atom stereocenters. The van der Waals surface area contributed by atoms with E-state index in [-0.39, 0.29) is 5.82 Å². The number of hydrogen-bond donors (Lipinski definition) is 1. The van der Waals surface area contributed by atoms with Gasteiger partial charge in [0.25, 0.3) is 0 Å². The number of benzene rings is 1. The normalized spacial score (nSPS) is 19.6. The van der Waals surface area contributed by atoms with Crippen LogP contribution in [0.1, 0.15) is 12.8 Å². The Morgan fingerprint density at radius 3 is 2.50 bits per heavy atom. The molecule has 4 rings (SSSR count). The van der Waals surface area contributed by atoms with Gasteiger partial charge in [0.15, 0.2) is 11.6 Å². The molecule has 0 bridgehead atoms. The third-order valence-electron chi connectivity index (χ3n) is 4.29. The SMILES string of the molecule is Fc1ccc(Nc2cnnc(N3CCC4(CC3)OCCO4)n2)cc1. The van der Waals surface area contributed by atoms with Crippen LogP contribution in [0.2, 0.25) is 0 Å². The molecule has 2 fully saturated rings. The van der Waals surface area contributed by atoms with Crippen LogP contribution in [-0.4, -0.2) is 47.3 Å². The molecule has 2 saturated heterocycles. The van der Waals surface area contributed by atoms with E-state index in [0.29, 0.717) is 25.0 Å². The molecule has 0 amide bonds. The van der Waals surface area contributed by atoms with Crippen molar-refractivity contribution in [2.45, 2.75) is 18.6 Å². The van der Waals surface area contributed by atoms with Crippen molar-refractivity contribution < 1.29 is 13.9 Å². The van der Waals surface area contributed by atoms with E-state index in [2.05, 4.69) is 25.4 Å². The molecule has 2 aliphatic rings. The number of aromatic nitrogens is 3. The van der Waals surface area contributed by atoms with Crippen LogP contribution in [0.4, 0.5) is 21.8 Å². The van der Waals surface area contributed by atoms with Gasteiger partial charge in [0.2, 0.25) is 5.95 Å². The van der Waals surface area contributed by atoms with E-state index in [1.54, 1.807) is 18.3 Å². The average molecular weight is 331 g/mol. The zero-order chi connectivity index (χ0) is 16.4. The van der Waals surface area contributed by atoms with E-state index in [9.17, 15) is 4.39 Å². The number of anilines is 3. The number of hydrogen-bond acceptors (Lipinski definition) is 7. The van der Waals surface area contributed by atoms with Gasteiger partial charge in [-0.15, -0.1) is 5.10 Å². The maximum atomic E-state index is 13.0. The van der Waals surface area contributed by atoms with Crippen LogP contribution >= 0.6 is 0 Å². The monoisotopic (exact) mass is 331 g/mol. The molecule has 24 heavy (non-hydrogen) atoms. The summed E-state index contributed by atoms with van der Waals surface area (Å²) in [5.41, 5.74) is 0.744. The average Bonchev–Trinajstić information content (AvgIpc) is 3.06. The molecule has 2 aliphatic heterocycles. The van der Waals surface area contributed by atoms with Gasteiger partial charge in [-0.3, -0.25) is 0 Å². The summed E-state index contributed by atoms with van der Waals surface area (Å²) in [5.74, 6) is 0.435. The van der Waals surface area contributed by atoms with E-state index in [0.717, 1.165) is 31.6 Å². The highest BCUT2D eigenvalue weighted by Gasteiger charge is 2.40. The second-order valence-corrected chi connectivity index (χ2v) is 5.87.